The van der Waals surface area contributed by atoms with Gasteiger partial charge in [-0.2, -0.15) is 0 Å². The number of fused-ring (bicyclic) bond motifs is 1. The fraction of sp³-hybridized carbons (Fsp3) is 0.562. The first-order chi connectivity index (χ1) is 10.1. The van der Waals surface area contributed by atoms with Crippen molar-refractivity contribution >= 4 is 22.9 Å². The van der Waals surface area contributed by atoms with Gasteiger partial charge >= 0.3 is 0 Å². The maximum absolute atomic E-state index is 6.40. The molecule has 1 aromatic heterocycles. The molecule has 1 unspecified atom stereocenters. The number of ether oxygens (including phenoxy) is 2. The SMILES string of the molecule is CCC(COC)N1CC/C(=C\OC)c2c1cc(C)nc2Cl. The minimum absolute atomic E-state index is 0.343. The topological polar surface area (TPSA) is 34.6 Å². The summed E-state index contributed by atoms with van der Waals surface area (Å²) < 4.78 is 10.6. The predicted molar refractivity (Wildman–Crippen MR) is 86.9 cm³/mol. The molecule has 4 nitrogen and oxygen atoms in total. The number of halogens is 1. The molecule has 0 spiro atoms. The van der Waals surface area contributed by atoms with Crippen LogP contribution in [0.3, 0.4) is 0 Å². The molecule has 1 aliphatic rings. The first-order valence-electron chi connectivity index (χ1n) is 7.27. The Kier molecular flexibility index (Phi) is 5.48. The van der Waals surface area contributed by atoms with Crippen LogP contribution in [0.25, 0.3) is 5.57 Å². The molecule has 5 heteroatoms. The van der Waals surface area contributed by atoms with E-state index in [1.54, 1.807) is 20.5 Å². The van der Waals surface area contributed by atoms with Crippen LogP contribution in [0.5, 0.6) is 0 Å². The molecule has 1 aliphatic heterocycles. The molecule has 21 heavy (non-hydrogen) atoms. The van der Waals surface area contributed by atoms with Crippen molar-refractivity contribution in [2.45, 2.75) is 32.7 Å². The lowest BCUT2D eigenvalue weighted by Crippen LogP contribution is -2.41. The molecule has 0 fully saturated rings. The summed E-state index contributed by atoms with van der Waals surface area (Å²) in [7, 11) is 3.41. The normalized spacial score (nSPS) is 17.8. The summed E-state index contributed by atoms with van der Waals surface area (Å²) in [5.74, 6) is 0. The highest BCUT2D eigenvalue weighted by Gasteiger charge is 2.28. The van der Waals surface area contributed by atoms with Crippen LogP contribution >= 0.6 is 11.6 Å². The fourth-order valence-corrected chi connectivity index (χ4v) is 3.24. The number of methoxy groups -OCH3 is 2. The van der Waals surface area contributed by atoms with Crippen molar-refractivity contribution in [3.05, 3.63) is 28.7 Å². The Morgan fingerprint density at radius 1 is 1.48 bits per heavy atom. The molecule has 1 aromatic rings. The zero-order valence-corrected chi connectivity index (χ0v) is 13.9. The second kappa shape index (κ2) is 7.14. The minimum atomic E-state index is 0.343. The van der Waals surface area contributed by atoms with E-state index in [4.69, 9.17) is 21.1 Å². The van der Waals surface area contributed by atoms with Gasteiger partial charge in [-0.3, -0.25) is 0 Å². The van der Waals surface area contributed by atoms with Crippen molar-refractivity contribution in [1.82, 2.24) is 4.98 Å². The van der Waals surface area contributed by atoms with Crippen LogP contribution in [0.2, 0.25) is 5.15 Å². The van der Waals surface area contributed by atoms with Crippen LogP contribution in [-0.4, -0.2) is 38.4 Å². The Morgan fingerprint density at radius 3 is 2.86 bits per heavy atom. The van der Waals surface area contributed by atoms with Crippen LogP contribution in [0, 0.1) is 6.92 Å². The van der Waals surface area contributed by atoms with Crippen molar-refractivity contribution in [1.29, 1.82) is 0 Å². The summed E-state index contributed by atoms with van der Waals surface area (Å²) in [6.45, 7) is 5.79. The third-order valence-electron chi connectivity index (χ3n) is 3.87. The largest absolute Gasteiger partial charge is 0.504 e. The van der Waals surface area contributed by atoms with E-state index in [0.29, 0.717) is 17.8 Å². The maximum Gasteiger partial charge on any atom is 0.139 e. The molecule has 0 aliphatic carbocycles. The number of hydrogen-bond acceptors (Lipinski definition) is 4. The van der Waals surface area contributed by atoms with E-state index in [9.17, 15) is 0 Å². The highest BCUT2D eigenvalue weighted by Crippen LogP contribution is 2.40. The van der Waals surface area contributed by atoms with Gasteiger partial charge in [-0.25, -0.2) is 4.98 Å². The zero-order valence-electron chi connectivity index (χ0n) is 13.1. The molecule has 1 atom stereocenters. The van der Waals surface area contributed by atoms with Gasteiger partial charge in [0.05, 0.1) is 26.0 Å². The van der Waals surface area contributed by atoms with Crippen molar-refractivity contribution in [3.8, 4) is 0 Å². The quantitative estimate of drug-likeness (QED) is 0.614. The molecule has 0 radical (unpaired) electrons. The van der Waals surface area contributed by atoms with Gasteiger partial charge in [0.1, 0.15) is 5.15 Å². The Morgan fingerprint density at radius 2 is 2.24 bits per heavy atom. The van der Waals surface area contributed by atoms with Crippen molar-refractivity contribution in [2.75, 3.05) is 32.3 Å². The Hall–Kier alpha value is -1.26. The van der Waals surface area contributed by atoms with E-state index in [0.717, 1.165) is 41.9 Å². The first-order valence-corrected chi connectivity index (χ1v) is 7.65. The smallest absolute Gasteiger partial charge is 0.139 e. The molecule has 116 valence electrons. The number of aromatic nitrogens is 1. The molecular weight excluding hydrogens is 288 g/mol. The molecular formula is C16H23ClN2O2. The molecule has 0 saturated heterocycles. The average Bonchev–Trinajstić information content (AvgIpc) is 2.45. The van der Waals surface area contributed by atoms with Gasteiger partial charge in [0.15, 0.2) is 0 Å². The lowest BCUT2D eigenvalue weighted by Gasteiger charge is -2.38. The third kappa shape index (κ3) is 3.33. The summed E-state index contributed by atoms with van der Waals surface area (Å²) in [5, 5.41) is 0.547. The zero-order chi connectivity index (χ0) is 15.4. The van der Waals surface area contributed by atoms with E-state index in [1.165, 1.54) is 0 Å². The van der Waals surface area contributed by atoms with Gasteiger partial charge < -0.3 is 14.4 Å². The van der Waals surface area contributed by atoms with Crippen molar-refractivity contribution in [3.63, 3.8) is 0 Å². The van der Waals surface area contributed by atoms with Gasteiger partial charge in [0.2, 0.25) is 0 Å². The second-order valence-electron chi connectivity index (χ2n) is 5.29. The summed E-state index contributed by atoms with van der Waals surface area (Å²) in [6, 6.07) is 2.44. The lowest BCUT2D eigenvalue weighted by atomic mass is 9.96. The van der Waals surface area contributed by atoms with Crippen LogP contribution in [0.15, 0.2) is 12.3 Å². The molecule has 0 bridgehead atoms. The van der Waals surface area contributed by atoms with Gasteiger partial charge in [-0.15, -0.1) is 0 Å². The standard InChI is InChI=1S/C16H23ClN2O2/c1-5-13(10-21-4)19-7-6-12(9-20-3)15-14(19)8-11(2)18-16(15)17/h8-9,13H,5-7,10H2,1-4H3/b12-9+. The fourth-order valence-electron chi connectivity index (χ4n) is 2.89. The Balaban J connectivity index is 2.51. The number of anilines is 1. The van der Waals surface area contributed by atoms with Gasteiger partial charge in [0.25, 0.3) is 0 Å². The van der Waals surface area contributed by atoms with Crippen LogP contribution in [0.1, 0.15) is 31.0 Å². The van der Waals surface area contributed by atoms with Crippen molar-refractivity contribution < 1.29 is 9.47 Å². The van der Waals surface area contributed by atoms with Crippen LogP contribution in [-0.2, 0) is 9.47 Å². The summed E-state index contributed by atoms with van der Waals surface area (Å²) in [6.07, 6.45) is 3.69. The molecule has 0 saturated carbocycles. The van der Waals surface area contributed by atoms with Crippen LogP contribution in [0.4, 0.5) is 5.69 Å². The molecule has 2 heterocycles. The maximum atomic E-state index is 6.40. The number of rotatable bonds is 5. The lowest BCUT2D eigenvalue weighted by molar-refractivity contribution is 0.174. The number of hydrogen-bond donors (Lipinski definition) is 0. The molecule has 0 amide bonds. The third-order valence-corrected chi connectivity index (χ3v) is 4.14. The highest BCUT2D eigenvalue weighted by molar-refractivity contribution is 6.31. The van der Waals surface area contributed by atoms with Gasteiger partial charge in [-0.05, 0) is 25.8 Å². The van der Waals surface area contributed by atoms with E-state index < -0.39 is 0 Å². The van der Waals surface area contributed by atoms with Crippen molar-refractivity contribution in [2.24, 2.45) is 0 Å². The van der Waals surface area contributed by atoms with Gasteiger partial charge in [-0.1, -0.05) is 18.5 Å². The monoisotopic (exact) mass is 310 g/mol. The molecule has 0 aromatic carbocycles. The first kappa shape index (κ1) is 16.1. The summed E-state index contributed by atoms with van der Waals surface area (Å²) >= 11 is 6.40. The summed E-state index contributed by atoms with van der Waals surface area (Å²) in [4.78, 5) is 6.78. The number of nitrogens with zero attached hydrogens (tertiary/aromatic N) is 2. The molecule has 2 rings (SSSR count). The van der Waals surface area contributed by atoms with E-state index in [1.807, 2.05) is 6.92 Å². The van der Waals surface area contributed by atoms with E-state index >= 15 is 0 Å². The van der Waals surface area contributed by atoms with E-state index in [-0.39, 0.29) is 0 Å². The molecule has 0 N–H and O–H groups in total. The Bertz CT molecular complexity index is 531. The Labute approximate surface area is 131 Å². The second-order valence-corrected chi connectivity index (χ2v) is 5.65. The number of pyridine rings is 1. The van der Waals surface area contributed by atoms with Crippen LogP contribution < -0.4 is 4.90 Å². The van der Waals surface area contributed by atoms with E-state index in [2.05, 4.69) is 22.9 Å². The minimum Gasteiger partial charge on any atom is -0.504 e. The predicted octanol–water partition coefficient (Wildman–Crippen LogP) is 3.67. The highest BCUT2D eigenvalue weighted by atomic mass is 35.5. The number of aryl methyl sites for hydroxylation is 1. The average molecular weight is 311 g/mol. The summed E-state index contributed by atoms with van der Waals surface area (Å²) in [5.41, 5.74) is 4.15. The van der Waals surface area contributed by atoms with Gasteiger partial charge in [0, 0.05) is 36.2 Å².